The molecule has 0 atom stereocenters. The molecule has 0 rings (SSSR count). The zero-order chi connectivity index (χ0) is 9.07. The van der Waals surface area contributed by atoms with Crippen molar-refractivity contribution in [2.75, 3.05) is 20.6 Å². The Morgan fingerprint density at radius 1 is 1.36 bits per heavy atom. The molecular weight excluding hydrogens is 142 g/mol. The molecule has 0 spiro atoms. The van der Waals surface area contributed by atoms with E-state index in [1.165, 1.54) is 0 Å². The SMILES string of the molecule is CN(C)CC(=O)OC(C)(C)C. The lowest BCUT2D eigenvalue weighted by atomic mass is 10.2. The molecule has 0 aromatic heterocycles. The minimum absolute atomic E-state index is 0.178. The monoisotopic (exact) mass is 159 g/mol. The van der Waals surface area contributed by atoms with E-state index in [0.717, 1.165) is 0 Å². The lowest BCUT2D eigenvalue weighted by Gasteiger charge is -2.20. The van der Waals surface area contributed by atoms with Gasteiger partial charge in [-0.05, 0) is 34.9 Å². The molecule has 0 aromatic carbocycles. The summed E-state index contributed by atoms with van der Waals surface area (Å²) in [4.78, 5) is 12.8. The van der Waals surface area contributed by atoms with E-state index in [9.17, 15) is 4.79 Å². The summed E-state index contributed by atoms with van der Waals surface area (Å²) >= 11 is 0. The summed E-state index contributed by atoms with van der Waals surface area (Å²) in [6.45, 7) is 5.93. The molecule has 0 aliphatic heterocycles. The van der Waals surface area contributed by atoms with E-state index < -0.39 is 0 Å². The summed E-state index contributed by atoms with van der Waals surface area (Å²) in [5, 5.41) is 0. The first kappa shape index (κ1) is 10.4. The molecular formula is C8H17NO2. The molecule has 0 saturated carbocycles. The molecule has 0 N–H and O–H groups in total. The molecule has 0 radical (unpaired) electrons. The summed E-state index contributed by atoms with van der Waals surface area (Å²) in [5.41, 5.74) is -0.368. The molecule has 0 heterocycles. The number of rotatable bonds is 2. The van der Waals surface area contributed by atoms with Crippen LogP contribution in [0.3, 0.4) is 0 Å². The zero-order valence-corrected chi connectivity index (χ0v) is 7.97. The minimum atomic E-state index is -0.368. The second kappa shape index (κ2) is 3.72. The average Bonchev–Trinajstić information content (AvgIpc) is 1.53. The molecule has 11 heavy (non-hydrogen) atoms. The first-order valence-corrected chi connectivity index (χ1v) is 3.68. The number of hydrogen-bond acceptors (Lipinski definition) is 3. The Labute approximate surface area is 68.3 Å². The van der Waals surface area contributed by atoms with Crippen LogP contribution in [0.1, 0.15) is 20.8 Å². The van der Waals surface area contributed by atoms with E-state index in [-0.39, 0.29) is 11.6 Å². The van der Waals surface area contributed by atoms with Crippen molar-refractivity contribution >= 4 is 5.97 Å². The summed E-state index contributed by atoms with van der Waals surface area (Å²) in [6, 6.07) is 0. The van der Waals surface area contributed by atoms with Crippen LogP contribution >= 0.6 is 0 Å². The smallest absolute Gasteiger partial charge is 0.320 e. The molecule has 0 saturated heterocycles. The fraction of sp³-hybridized carbons (Fsp3) is 0.875. The van der Waals surface area contributed by atoms with Gasteiger partial charge in [-0.2, -0.15) is 0 Å². The van der Waals surface area contributed by atoms with E-state index >= 15 is 0 Å². The van der Waals surface area contributed by atoms with Crippen molar-refractivity contribution in [3.63, 3.8) is 0 Å². The predicted molar refractivity (Wildman–Crippen MR) is 44.4 cm³/mol. The largest absolute Gasteiger partial charge is 0.459 e. The van der Waals surface area contributed by atoms with Crippen LogP contribution in [0, 0.1) is 0 Å². The first-order chi connectivity index (χ1) is 4.81. The van der Waals surface area contributed by atoms with Gasteiger partial charge in [0, 0.05) is 0 Å². The normalized spacial score (nSPS) is 11.8. The summed E-state index contributed by atoms with van der Waals surface area (Å²) < 4.78 is 5.07. The highest BCUT2D eigenvalue weighted by Crippen LogP contribution is 2.06. The van der Waals surface area contributed by atoms with Gasteiger partial charge in [0.05, 0.1) is 6.54 Å². The fourth-order valence-corrected chi connectivity index (χ4v) is 0.632. The standard InChI is InChI=1S/C8H17NO2/c1-8(2,3)11-7(10)6-9(4)5/h6H2,1-5H3. The maximum Gasteiger partial charge on any atom is 0.320 e. The third-order valence-electron chi connectivity index (χ3n) is 0.865. The second-order valence-corrected chi connectivity index (χ2v) is 3.82. The Morgan fingerprint density at radius 3 is 2.09 bits per heavy atom. The quantitative estimate of drug-likeness (QED) is 0.560. The Balaban J connectivity index is 3.71. The lowest BCUT2D eigenvalue weighted by Crippen LogP contribution is -2.30. The summed E-state index contributed by atoms with van der Waals surface area (Å²) in [5.74, 6) is -0.178. The van der Waals surface area contributed by atoms with Crippen molar-refractivity contribution in [1.29, 1.82) is 0 Å². The Morgan fingerprint density at radius 2 is 1.82 bits per heavy atom. The maximum atomic E-state index is 11.0. The number of hydrogen-bond donors (Lipinski definition) is 0. The first-order valence-electron chi connectivity index (χ1n) is 3.68. The molecule has 3 nitrogen and oxygen atoms in total. The van der Waals surface area contributed by atoms with Crippen LogP contribution in [0.5, 0.6) is 0 Å². The minimum Gasteiger partial charge on any atom is -0.459 e. The van der Waals surface area contributed by atoms with Crippen LogP contribution < -0.4 is 0 Å². The second-order valence-electron chi connectivity index (χ2n) is 3.82. The molecule has 0 aromatic rings. The van der Waals surface area contributed by atoms with E-state index in [4.69, 9.17) is 4.74 Å². The summed E-state index contributed by atoms with van der Waals surface area (Å²) in [6.07, 6.45) is 0. The van der Waals surface area contributed by atoms with Gasteiger partial charge in [0.15, 0.2) is 0 Å². The van der Waals surface area contributed by atoms with E-state index in [1.807, 2.05) is 34.9 Å². The average molecular weight is 159 g/mol. The Kier molecular flexibility index (Phi) is 3.52. The molecule has 0 aliphatic rings. The van der Waals surface area contributed by atoms with Crippen LogP contribution in [0.2, 0.25) is 0 Å². The van der Waals surface area contributed by atoms with Gasteiger partial charge in [0.25, 0.3) is 0 Å². The van der Waals surface area contributed by atoms with Gasteiger partial charge in [-0.25, -0.2) is 0 Å². The highest BCUT2D eigenvalue weighted by atomic mass is 16.6. The van der Waals surface area contributed by atoms with E-state index in [0.29, 0.717) is 6.54 Å². The number of carbonyl (C=O) groups excluding carboxylic acids is 1. The van der Waals surface area contributed by atoms with Crippen molar-refractivity contribution in [2.45, 2.75) is 26.4 Å². The Hall–Kier alpha value is -0.570. The van der Waals surface area contributed by atoms with Gasteiger partial charge in [-0.15, -0.1) is 0 Å². The van der Waals surface area contributed by atoms with Gasteiger partial charge in [0.1, 0.15) is 5.60 Å². The van der Waals surface area contributed by atoms with Crippen molar-refractivity contribution in [1.82, 2.24) is 4.90 Å². The maximum absolute atomic E-state index is 11.0. The molecule has 0 aliphatic carbocycles. The van der Waals surface area contributed by atoms with Gasteiger partial charge < -0.3 is 4.74 Å². The molecule has 66 valence electrons. The predicted octanol–water partition coefficient (Wildman–Crippen LogP) is 0.890. The van der Waals surface area contributed by atoms with Crippen LogP contribution in [-0.2, 0) is 9.53 Å². The van der Waals surface area contributed by atoms with Gasteiger partial charge >= 0.3 is 5.97 Å². The van der Waals surface area contributed by atoms with Crippen molar-refractivity contribution in [2.24, 2.45) is 0 Å². The highest BCUT2D eigenvalue weighted by molar-refractivity contribution is 5.72. The van der Waals surface area contributed by atoms with Gasteiger partial charge in [0.2, 0.25) is 0 Å². The van der Waals surface area contributed by atoms with E-state index in [2.05, 4.69) is 0 Å². The van der Waals surface area contributed by atoms with Crippen molar-refractivity contribution in [3.05, 3.63) is 0 Å². The molecule has 0 amide bonds. The topological polar surface area (TPSA) is 29.5 Å². The third-order valence-corrected chi connectivity index (χ3v) is 0.865. The van der Waals surface area contributed by atoms with Crippen molar-refractivity contribution < 1.29 is 9.53 Å². The van der Waals surface area contributed by atoms with Gasteiger partial charge in [-0.3, -0.25) is 9.69 Å². The third kappa shape index (κ3) is 7.33. The van der Waals surface area contributed by atoms with Crippen LogP contribution in [-0.4, -0.2) is 37.1 Å². The number of carbonyl (C=O) groups is 1. The number of esters is 1. The van der Waals surface area contributed by atoms with Crippen LogP contribution in [0.4, 0.5) is 0 Å². The van der Waals surface area contributed by atoms with Crippen molar-refractivity contribution in [3.8, 4) is 0 Å². The Bertz CT molecular complexity index is 136. The van der Waals surface area contributed by atoms with Gasteiger partial charge in [-0.1, -0.05) is 0 Å². The lowest BCUT2D eigenvalue weighted by molar-refractivity contribution is -0.155. The molecule has 0 unspecified atom stereocenters. The molecule has 0 bridgehead atoms. The zero-order valence-electron chi connectivity index (χ0n) is 7.97. The fourth-order valence-electron chi connectivity index (χ4n) is 0.632. The number of nitrogens with zero attached hydrogens (tertiary/aromatic N) is 1. The van der Waals surface area contributed by atoms with Crippen LogP contribution in [0.25, 0.3) is 0 Å². The summed E-state index contributed by atoms with van der Waals surface area (Å²) in [7, 11) is 3.67. The molecule has 3 heteroatoms. The molecule has 0 fully saturated rings. The van der Waals surface area contributed by atoms with Crippen LogP contribution in [0.15, 0.2) is 0 Å². The number of likely N-dealkylation sites (N-methyl/N-ethyl adjacent to an activating group) is 1. The highest BCUT2D eigenvalue weighted by Gasteiger charge is 2.15. The number of ether oxygens (including phenoxy) is 1. The van der Waals surface area contributed by atoms with E-state index in [1.54, 1.807) is 4.90 Å².